The maximum atomic E-state index is 13.0. The third-order valence-corrected chi connectivity index (χ3v) is 6.16. The molecule has 0 saturated carbocycles. The average molecular weight is 524 g/mol. The van der Waals surface area contributed by atoms with Crippen molar-refractivity contribution < 1.29 is 13.9 Å². The Morgan fingerprint density at radius 2 is 1.69 bits per heavy atom. The summed E-state index contributed by atoms with van der Waals surface area (Å²) in [7, 11) is 0. The molecule has 1 unspecified atom stereocenters. The van der Waals surface area contributed by atoms with Crippen LogP contribution in [0.25, 0.3) is 10.9 Å². The number of nitriles is 1. The molecule has 0 aliphatic carbocycles. The Bertz CT molecular complexity index is 1390. The van der Waals surface area contributed by atoms with E-state index in [0.717, 1.165) is 35.2 Å². The van der Waals surface area contributed by atoms with Gasteiger partial charge in [0.2, 0.25) is 0 Å². The molecule has 1 aliphatic heterocycles. The van der Waals surface area contributed by atoms with Gasteiger partial charge in [-0.3, -0.25) is 14.8 Å². The number of hydrogen-bond donors (Lipinski definition) is 0. The van der Waals surface area contributed by atoms with E-state index in [0.29, 0.717) is 12.9 Å². The van der Waals surface area contributed by atoms with E-state index >= 15 is 0 Å². The number of carbonyl (C=O) groups is 1. The zero-order valence-corrected chi connectivity index (χ0v) is 22.9. The molecule has 1 aliphatic rings. The standard InChI is InChI=1S/C19H17FN2.C9H7N.C5H10O2/c1-19(9-2-10-21)13-22-18-12-15(5-8-17(18)19)11-14-3-6-16(20)7-4-14;1-2-6-9-8(4-1)5-3-7-10-9;1-5(2,3)7-4-6/h3-8,12-13H,2,9,11H2,1H3;1-7H;4H,1-3H3. The minimum Gasteiger partial charge on any atom is -0.462 e. The summed E-state index contributed by atoms with van der Waals surface area (Å²) in [6.45, 7) is 8.05. The molecule has 1 aromatic heterocycles. The second-order valence-electron chi connectivity index (χ2n) is 10.5. The minimum absolute atomic E-state index is 0.139. The van der Waals surface area contributed by atoms with Crippen LogP contribution in [0.1, 0.15) is 57.2 Å². The van der Waals surface area contributed by atoms with Gasteiger partial charge in [-0.25, -0.2) is 4.39 Å². The lowest BCUT2D eigenvalue weighted by Gasteiger charge is -2.21. The molecule has 1 atom stereocenters. The summed E-state index contributed by atoms with van der Waals surface area (Å²) in [5.41, 5.74) is 5.01. The van der Waals surface area contributed by atoms with Crippen LogP contribution in [0.5, 0.6) is 0 Å². The number of carbonyl (C=O) groups excluding carboxylic acids is 1. The van der Waals surface area contributed by atoms with Gasteiger partial charge in [0.05, 0.1) is 17.3 Å². The minimum atomic E-state index is -0.318. The van der Waals surface area contributed by atoms with E-state index in [1.807, 2.05) is 69.6 Å². The van der Waals surface area contributed by atoms with E-state index < -0.39 is 0 Å². The molecule has 0 fully saturated rings. The van der Waals surface area contributed by atoms with Crippen molar-refractivity contribution in [2.45, 2.75) is 58.0 Å². The molecule has 6 heteroatoms. The topological polar surface area (TPSA) is 75.3 Å². The molecule has 0 spiro atoms. The maximum absolute atomic E-state index is 13.0. The highest BCUT2D eigenvalue weighted by molar-refractivity contribution is 5.85. The number of aliphatic imine (C=N–C) groups is 1. The highest BCUT2D eigenvalue weighted by Gasteiger charge is 2.31. The number of pyridine rings is 1. The van der Waals surface area contributed by atoms with Gasteiger partial charge in [-0.1, -0.05) is 55.5 Å². The Morgan fingerprint density at radius 3 is 2.33 bits per heavy atom. The Labute approximate surface area is 230 Å². The van der Waals surface area contributed by atoms with Crippen molar-refractivity contribution >= 4 is 29.3 Å². The number of halogens is 1. The molecule has 0 N–H and O–H groups in total. The van der Waals surface area contributed by atoms with Crippen LogP contribution in [0.15, 0.2) is 90.1 Å². The number of rotatable bonds is 5. The summed E-state index contributed by atoms with van der Waals surface area (Å²) in [5, 5.41) is 9.99. The van der Waals surface area contributed by atoms with Gasteiger partial charge < -0.3 is 4.74 Å². The van der Waals surface area contributed by atoms with Gasteiger partial charge in [-0.2, -0.15) is 5.26 Å². The quantitative estimate of drug-likeness (QED) is 0.249. The van der Waals surface area contributed by atoms with Crippen molar-refractivity contribution in [3.63, 3.8) is 0 Å². The molecule has 3 aromatic carbocycles. The molecule has 0 saturated heterocycles. The predicted molar refractivity (Wildman–Crippen MR) is 155 cm³/mol. The molecule has 200 valence electrons. The number of ether oxygens (including phenoxy) is 1. The fraction of sp³-hybridized carbons (Fsp3) is 0.273. The fourth-order valence-corrected chi connectivity index (χ4v) is 4.07. The molecule has 0 bridgehead atoms. The van der Waals surface area contributed by atoms with Crippen LogP contribution >= 0.6 is 0 Å². The summed E-state index contributed by atoms with van der Waals surface area (Å²) in [6, 6.07) is 27.2. The smallest absolute Gasteiger partial charge is 0.293 e. The van der Waals surface area contributed by atoms with E-state index in [1.165, 1.54) is 23.1 Å². The van der Waals surface area contributed by atoms with Crippen LogP contribution in [0.3, 0.4) is 0 Å². The predicted octanol–water partition coefficient (Wildman–Crippen LogP) is 7.89. The largest absolute Gasteiger partial charge is 0.462 e. The summed E-state index contributed by atoms with van der Waals surface area (Å²) in [6.07, 6.45) is 5.84. The first-order chi connectivity index (χ1) is 18.6. The lowest BCUT2D eigenvalue weighted by atomic mass is 9.80. The van der Waals surface area contributed by atoms with E-state index in [1.54, 1.807) is 0 Å². The summed E-state index contributed by atoms with van der Waals surface area (Å²) < 4.78 is 17.5. The fourth-order valence-electron chi connectivity index (χ4n) is 4.07. The highest BCUT2D eigenvalue weighted by atomic mass is 19.1. The number of hydrogen-bond acceptors (Lipinski definition) is 5. The molecule has 0 radical (unpaired) electrons. The molecule has 0 amide bonds. The zero-order chi connectivity index (χ0) is 28.3. The normalized spacial score (nSPS) is 15.2. The molecular weight excluding hydrogens is 489 g/mol. The summed E-state index contributed by atoms with van der Waals surface area (Å²) in [5.74, 6) is -0.212. The SMILES string of the molecule is CC(C)(C)OC=O.CC1(CCC#N)C=Nc2cc(Cc3ccc(F)cc3)ccc21.c1ccc2ncccc2c1. The molecule has 2 heterocycles. The molecule has 39 heavy (non-hydrogen) atoms. The Morgan fingerprint density at radius 1 is 1.00 bits per heavy atom. The van der Waals surface area contributed by atoms with Gasteiger partial charge in [-0.05, 0) is 80.6 Å². The van der Waals surface area contributed by atoms with Crippen molar-refractivity contribution in [2.24, 2.45) is 4.99 Å². The van der Waals surface area contributed by atoms with Crippen LogP contribution < -0.4 is 0 Å². The molecule has 5 nitrogen and oxygen atoms in total. The van der Waals surface area contributed by atoms with Gasteiger partial charge in [0.15, 0.2) is 0 Å². The van der Waals surface area contributed by atoms with Gasteiger partial charge in [0.1, 0.15) is 11.4 Å². The van der Waals surface area contributed by atoms with E-state index in [2.05, 4.69) is 58.0 Å². The number of nitrogens with zero attached hydrogens (tertiary/aromatic N) is 3. The van der Waals surface area contributed by atoms with Gasteiger partial charge in [0.25, 0.3) is 6.47 Å². The lowest BCUT2D eigenvalue weighted by Crippen LogP contribution is -2.20. The maximum Gasteiger partial charge on any atom is 0.293 e. The van der Waals surface area contributed by atoms with Gasteiger partial charge in [0, 0.05) is 29.6 Å². The Balaban J connectivity index is 0.000000203. The third-order valence-electron chi connectivity index (χ3n) is 6.16. The molecule has 4 aromatic rings. The second-order valence-corrected chi connectivity index (χ2v) is 10.5. The Kier molecular flexibility index (Phi) is 10.1. The first-order valence-corrected chi connectivity index (χ1v) is 12.8. The lowest BCUT2D eigenvalue weighted by molar-refractivity contribution is -0.138. The average Bonchev–Trinajstić information content (AvgIpc) is 3.25. The van der Waals surface area contributed by atoms with Gasteiger partial charge >= 0.3 is 0 Å². The van der Waals surface area contributed by atoms with Gasteiger partial charge in [-0.15, -0.1) is 0 Å². The number of benzene rings is 3. The summed E-state index contributed by atoms with van der Waals surface area (Å²) in [4.78, 5) is 18.3. The van der Waals surface area contributed by atoms with Crippen molar-refractivity contribution in [2.75, 3.05) is 0 Å². The first-order valence-electron chi connectivity index (χ1n) is 12.8. The Hall–Kier alpha value is -4.37. The van der Waals surface area contributed by atoms with Crippen molar-refractivity contribution in [1.82, 2.24) is 4.98 Å². The first kappa shape index (κ1) is 29.2. The van der Waals surface area contributed by atoms with Crippen LogP contribution in [0.4, 0.5) is 10.1 Å². The molecule has 5 rings (SSSR count). The number of aromatic nitrogens is 1. The second kappa shape index (κ2) is 13.4. The zero-order valence-electron chi connectivity index (χ0n) is 22.9. The van der Waals surface area contributed by atoms with Crippen LogP contribution in [0, 0.1) is 17.1 Å². The number of fused-ring (bicyclic) bond motifs is 2. The summed E-state index contributed by atoms with van der Waals surface area (Å²) >= 11 is 0. The van der Waals surface area contributed by atoms with Crippen LogP contribution in [-0.4, -0.2) is 23.3 Å². The van der Waals surface area contributed by atoms with Crippen molar-refractivity contribution in [1.29, 1.82) is 5.26 Å². The van der Waals surface area contributed by atoms with Crippen LogP contribution in [0.2, 0.25) is 0 Å². The van der Waals surface area contributed by atoms with Crippen LogP contribution in [-0.2, 0) is 21.4 Å². The van der Waals surface area contributed by atoms with E-state index in [4.69, 9.17) is 5.26 Å². The van der Waals surface area contributed by atoms with E-state index in [-0.39, 0.29) is 16.8 Å². The highest BCUT2D eigenvalue weighted by Crippen LogP contribution is 2.40. The van der Waals surface area contributed by atoms with Crippen molar-refractivity contribution in [3.05, 3.63) is 108 Å². The third kappa shape index (κ3) is 8.86. The monoisotopic (exact) mass is 523 g/mol. The number of para-hydroxylation sites is 1. The van der Waals surface area contributed by atoms with Crippen molar-refractivity contribution in [3.8, 4) is 6.07 Å². The molecular formula is C33H34FN3O2. The van der Waals surface area contributed by atoms with E-state index in [9.17, 15) is 9.18 Å².